The van der Waals surface area contributed by atoms with Crippen molar-refractivity contribution in [3.63, 3.8) is 0 Å². The second kappa shape index (κ2) is 9.82. The maximum atomic E-state index is 12.4. The number of anilines is 1. The van der Waals surface area contributed by atoms with Gasteiger partial charge in [0.05, 0.1) is 18.9 Å². The van der Waals surface area contributed by atoms with Crippen molar-refractivity contribution < 1.29 is 22.6 Å². The maximum Gasteiger partial charge on any atom is 0.573 e. The average Bonchev–Trinajstić information content (AvgIpc) is 2.61. The number of nitrogens with two attached hydrogens (primary N) is 1. The topological polar surface area (TPSA) is 68.9 Å². The summed E-state index contributed by atoms with van der Waals surface area (Å²) in [5.41, 5.74) is 6.93. The molecule has 146 valence electrons. The van der Waals surface area contributed by atoms with Gasteiger partial charge in [-0.15, -0.1) is 13.2 Å². The SMILES string of the molecule is CC(CN=C(N)Nc1ccccc1OC(F)(F)F)COCc1ccccc1. The van der Waals surface area contributed by atoms with E-state index in [4.69, 9.17) is 10.5 Å². The molecular formula is C19H22F3N3O2. The first-order valence-corrected chi connectivity index (χ1v) is 8.37. The molecule has 0 aliphatic rings. The molecule has 3 N–H and O–H groups in total. The van der Waals surface area contributed by atoms with Crippen LogP contribution in [0.2, 0.25) is 0 Å². The maximum absolute atomic E-state index is 12.4. The number of aliphatic imine (C=N–C) groups is 1. The van der Waals surface area contributed by atoms with Crippen LogP contribution in [-0.2, 0) is 11.3 Å². The summed E-state index contributed by atoms with van der Waals surface area (Å²) in [5.74, 6) is -0.277. The lowest BCUT2D eigenvalue weighted by molar-refractivity contribution is -0.274. The van der Waals surface area contributed by atoms with Crippen molar-refractivity contribution in [3.8, 4) is 5.75 Å². The van der Waals surface area contributed by atoms with Crippen LogP contribution in [0, 0.1) is 5.92 Å². The zero-order valence-corrected chi connectivity index (χ0v) is 14.9. The van der Waals surface area contributed by atoms with E-state index >= 15 is 0 Å². The van der Waals surface area contributed by atoms with Gasteiger partial charge in [0.2, 0.25) is 0 Å². The number of hydrogen-bond acceptors (Lipinski definition) is 3. The Kier molecular flexibility index (Phi) is 7.48. The van der Waals surface area contributed by atoms with Crippen LogP contribution in [0.15, 0.2) is 59.6 Å². The molecule has 8 heteroatoms. The standard InChI is InChI=1S/C19H22F3N3O2/c1-14(12-26-13-15-7-3-2-4-8-15)11-24-18(23)25-16-9-5-6-10-17(16)27-19(20,21)22/h2-10,14H,11-13H2,1H3,(H3,23,24,25). The van der Waals surface area contributed by atoms with Crippen molar-refractivity contribution >= 4 is 11.6 Å². The van der Waals surface area contributed by atoms with Crippen LogP contribution >= 0.6 is 0 Å². The first-order chi connectivity index (χ1) is 12.8. The summed E-state index contributed by atoms with van der Waals surface area (Å²) in [6.45, 7) is 3.31. The Hall–Kier alpha value is -2.74. The fourth-order valence-corrected chi connectivity index (χ4v) is 2.22. The third-order valence-corrected chi connectivity index (χ3v) is 3.46. The van der Waals surface area contributed by atoms with Gasteiger partial charge in [-0.05, 0) is 23.6 Å². The lowest BCUT2D eigenvalue weighted by Gasteiger charge is -2.14. The molecule has 27 heavy (non-hydrogen) atoms. The van der Waals surface area contributed by atoms with Crippen LogP contribution < -0.4 is 15.8 Å². The average molecular weight is 381 g/mol. The Morgan fingerprint density at radius 2 is 1.78 bits per heavy atom. The van der Waals surface area contributed by atoms with Crippen LogP contribution in [0.1, 0.15) is 12.5 Å². The Bertz CT molecular complexity index is 736. The highest BCUT2D eigenvalue weighted by Gasteiger charge is 2.32. The van der Waals surface area contributed by atoms with Gasteiger partial charge >= 0.3 is 6.36 Å². The molecule has 0 aliphatic carbocycles. The fraction of sp³-hybridized carbons (Fsp3) is 0.316. The summed E-state index contributed by atoms with van der Waals surface area (Å²) in [5, 5.41) is 2.63. The van der Waals surface area contributed by atoms with Crippen LogP contribution in [-0.4, -0.2) is 25.5 Å². The van der Waals surface area contributed by atoms with E-state index in [1.54, 1.807) is 6.07 Å². The first kappa shape index (κ1) is 20.6. The van der Waals surface area contributed by atoms with Gasteiger partial charge in [0.1, 0.15) is 0 Å². The van der Waals surface area contributed by atoms with E-state index < -0.39 is 6.36 Å². The lowest BCUT2D eigenvalue weighted by atomic mass is 10.2. The van der Waals surface area contributed by atoms with Crippen molar-refractivity contribution in [2.45, 2.75) is 19.9 Å². The summed E-state index contributed by atoms with van der Waals surface area (Å²) >= 11 is 0. The fourth-order valence-electron chi connectivity index (χ4n) is 2.22. The molecule has 1 unspecified atom stereocenters. The highest BCUT2D eigenvalue weighted by molar-refractivity contribution is 5.93. The number of para-hydroxylation sites is 2. The first-order valence-electron chi connectivity index (χ1n) is 8.37. The van der Waals surface area contributed by atoms with Crippen molar-refractivity contribution in [2.75, 3.05) is 18.5 Å². The molecule has 0 fully saturated rings. The minimum atomic E-state index is -4.78. The Balaban J connectivity index is 1.81. The third kappa shape index (κ3) is 8.00. The van der Waals surface area contributed by atoms with Gasteiger partial charge in [0.15, 0.2) is 11.7 Å². The van der Waals surface area contributed by atoms with Crippen LogP contribution in [0.25, 0.3) is 0 Å². The van der Waals surface area contributed by atoms with Gasteiger partial charge in [-0.2, -0.15) is 0 Å². The van der Waals surface area contributed by atoms with Gasteiger partial charge in [-0.1, -0.05) is 49.4 Å². The van der Waals surface area contributed by atoms with Crippen LogP contribution in [0.5, 0.6) is 5.75 Å². The molecule has 2 rings (SSSR count). The molecule has 2 aromatic carbocycles. The zero-order valence-electron chi connectivity index (χ0n) is 14.9. The quantitative estimate of drug-likeness (QED) is 0.532. The van der Waals surface area contributed by atoms with E-state index in [2.05, 4.69) is 15.0 Å². The predicted molar refractivity (Wildman–Crippen MR) is 98.5 cm³/mol. The van der Waals surface area contributed by atoms with Gasteiger partial charge in [0, 0.05) is 6.54 Å². The molecule has 5 nitrogen and oxygen atoms in total. The molecular weight excluding hydrogens is 359 g/mol. The normalized spacial score (nSPS) is 13.3. The van der Waals surface area contributed by atoms with Crippen molar-refractivity contribution in [2.24, 2.45) is 16.6 Å². The highest BCUT2D eigenvalue weighted by atomic mass is 19.4. The van der Waals surface area contributed by atoms with E-state index in [1.165, 1.54) is 18.2 Å². The Labute approximate surface area is 156 Å². The van der Waals surface area contributed by atoms with Gasteiger partial charge in [0.25, 0.3) is 0 Å². The second-order valence-electron chi connectivity index (χ2n) is 6.00. The summed E-state index contributed by atoms with van der Waals surface area (Å²) in [4.78, 5) is 4.15. The molecule has 0 aliphatic heterocycles. The van der Waals surface area contributed by atoms with E-state index in [0.717, 1.165) is 5.56 Å². The van der Waals surface area contributed by atoms with Gasteiger partial charge in [-0.25, -0.2) is 0 Å². The molecule has 0 bridgehead atoms. The van der Waals surface area contributed by atoms with E-state index in [0.29, 0.717) is 19.8 Å². The summed E-state index contributed by atoms with van der Waals surface area (Å²) in [6, 6.07) is 15.4. The number of guanidine groups is 1. The van der Waals surface area contributed by atoms with E-state index in [1.807, 2.05) is 37.3 Å². The van der Waals surface area contributed by atoms with Crippen molar-refractivity contribution in [3.05, 3.63) is 60.2 Å². The third-order valence-electron chi connectivity index (χ3n) is 3.46. The summed E-state index contributed by atoms with van der Waals surface area (Å²) in [6.07, 6.45) is -4.78. The molecule has 1 atom stereocenters. The number of alkyl halides is 3. The smallest absolute Gasteiger partial charge is 0.404 e. The van der Waals surface area contributed by atoms with Crippen molar-refractivity contribution in [1.82, 2.24) is 0 Å². The second-order valence-corrected chi connectivity index (χ2v) is 6.00. The van der Waals surface area contributed by atoms with E-state index in [-0.39, 0.29) is 23.3 Å². The number of hydrogen-bond donors (Lipinski definition) is 2. The zero-order chi connectivity index (χ0) is 19.7. The van der Waals surface area contributed by atoms with Gasteiger partial charge in [-0.3, -0.25) is 4.99 Å². The number of benzene rings is 2. The lowest BCUT2D eigenvalue weighted by Crippen LogP contribution is -2.25. The Morgan fingerprint density at radius 3 is 2.48 bits per heavy atom. The largest absolute Gasteiger partial charge is 0.573 e. The van der Waals surface area contributed by atoms with Gasteiger partial charge < -0.3 is 20.5 Å². The molecule has 0 aromatic heterocycles. The predicted octanol–water partition coefficient (Wildman–Crippen LogP) is 4.16. The minimum absolute atomic E-state index is 0.00290. The number of nitrogens with one attached hydrogen (secondary N) is 1. The molecule has 0 amide bonds. The Morgan fingerprint density at radius 1 is 1.11 bits per heavy atom. The number of rotatable bonds is 8. The summed E-state index contributed by atoms with van der Waals surface area (Å²) in [7, 11) is 0. The highest BCUT2D eigenvalue weighted by Crippen LogP contribution is 2.29. The van der Waals surface area contributed by atoms with Crippen molar-refractivity contribution in [1.29, 1.82) is 0 Å². The summed E-state index contributed by atoms with van der Waals surface area (Å²) < 4.78 is 46.9. The van der Waals surface area contributed by atoms with Crippen LogP contribution in [0.3, 0.4) is 0 Å². The molecule has 0 heterocycles. The number of halogens is 3. The molecule has 0 spiro atoms. The number of nitrogens with zero attached hydrogens (tertiary/aromatic N) is 1. The monoisotopic (exact) mass is 381 g/mol. The van der Waals surface area contributed by atoms with E-state index in [9.17, 15) is 13.2 Å². The molecule has 0 saturated carbocycles. The minimum Gasteiger partial charge on any atom is -0.404 e. The number of ether oxygens (including phenoxy) is 2. The molecule has 0 radical (unpaired) electrons. The van der Waals surface area contributed by atoms with Crippen LogP contribution in [0.4, 0.5) is 18.9 Å². The molecule has 2 aromatic rings. The molecule has 0 saturated heterocycles.